The Hall–Kier alpha value is -2.57. The fourth-order valence-corrected chi connectivity index (χ4v) is 4.98. The smallest absolute Gasteiger partial charge is 0.328 e. The van der Waals surface area contributed by atoms with Crippen LogP contribution >= 0.6 is 11.6 Å². The van der Waals surface area contributed by atoms with Crippen LogP contribution in [-0.2, 0) is 34.8 Å². The second kappa shape index (κ2) is 16.6. The molecule has 1 saturated heterocycles. The second-order valence-electron chi connectivity index (χ2n) is 10.4. The van der Waals surface area contributed by atoms with E-state index in [0.717, 1.165) is 18.4 Å². The summed E-state index contributed by atoms with van der Waals surface area (Å²) in [6, 6.07) is 16.0. The van der Waals surface area contributed by atoms with Crippen molar-refractivity contribution in [2.24, 2.45) is 0 Å². The van der Waals surface area contributed by atoms with E-state index in [0.29, 0.717) is 31.4 Å². The lowest BCUT2D eigenvalue weighted by molar-refractivity contribution is -0.193. The molecule has 0 aliphatic carbocycles. The van der Waals surface area contributed by atoms with E-state index in [9.17, 15) is 14.7 Å². The van der Waals surface area contributed by atoms with Crippen molar-refractivity contribution in [3.8, 4) is 5.75 Å². The summed E-state index contributed by atoms with van der Waals surface area (Å²) in [4.78, 5) is 25.2. The predicted molar refractivity (Wildman–Crippen MR) is 166 cm³/mol. The van der Waals surface area contributed by atoms with Gasteiger partial charge in [-0.25, -0.2) is 0 Å². The molecule has 1 fully saturated rings. The van der Waals surface area contributed by atoms with Crippen LogP contribution in [0.25, 0.3) is 0 Å². The molecular formula is C33H53ClO6. The molecule has 1 aliphatic heterocycles. The lowest BCUT2D eigenvalue weighted by Crippen LogP contribution is -2.44. The number of carbonyl (C=O) groups is 2. The molecule has 0 amide bonds. The lowest BCUT2D eigenvalue weighted by atomic mass is 9.76. The summed E-state index contributed by atoms with van der Waals surface area (Å²) in [7, 11) is 0. The van der Waals surface area contributed by atoms with Crippen LogP contribution in [-0.4, -0.2) is 34.8 Å². The highest BCUT2D eigenvalue weighted by Crippen LogP contribution is 2.41. The zero-order valence-corrected chi connectivity index (χ0v) is 22.3. The van der Waals surface area contributed by atoms with Crippen molar-refractivity contribution >= 4 is 23.5 Å². The molecule has 2 aromatic carbocycles. The molecule has 0 bridgehead atoms. The molecule has 2 aromatic rings. The van der Waals surface area contributed by atoms with Gasteiger partial charge in [-0.1, -0.05) is 92.9 Å². The van der Waals surface area contributed by atoms with Crippen molar-refractivity contribution in [3.63, 3.8) is 0 Å². The molecule has 228 valence electrons. The van der Waals surface area contributed by atoms with Gasteiger partial charge in [0, 0.05) is 6.42 Å². The number of halogens is 1. The molecule has 0 saturated carbocycles. The summed E-state index contributed by atoms with van der Waals surface area (Å²) < 4.78 is 17.2. The molecule has 1 aliphatic rings. The van der Waals surface area contributed by atoms with Crippen LogP contribution in [0.3, 0.4) is 0 Å². The highest BCUT2D eigenvalue weighted by molar-refractivity contribution is 6.34. The Morgan fingerprint density at radius 1 is 0.950 bits per heavy atom. The summed E-state index contributed by atoms with van der Waals surface area (Å²) in [5.74, 6) is -0.917. The van der Waals surface area contributed by atoms with E-state index < -0.39 is 34.1 Å². The molecule has 0 spiro atoms. The summed E-state index contributed by atoms with van der Waals surface area (Å²) in [5, 5.41) is 9.65. The molecule has 1 heterocycles. The van der Waals surface area contributed by atoms with Crippen molar-refractivity contribution in [3.05, 3.63) is 65.7 Å². The van der Waals surface area contributed by atoms with Gasteiger partial charge in [-0.2, -0.15) is 0 Å². The van der Waals surface area contributed by atoms with Gasteiger partial charge in [0.1, 0.15) is 16.2 Å². The number of phenolic OH excluding ortho intramolecular Hbond substituents is 1. The lowest BCUT2D eigenvalue weighted by Gasteiger charge is -2.37. The maximum Gasteiger partial charge on any atom is 0.328 e. The summed E-state index contributed by atoms with van der Waals surface area (Å²) >= 11 is 6.97. The zero-order chi connectivity index (χ0) is 26.4. The summed E-state index contributed by atoms with van der Waals surface area (Å²) in [5.41, 5.74) is -0.145. The van der Waals surface area contributed by atoms with Gasteiger partial charge in [-0.05, 0) is 61.3 Å². The maximum absolute atomic E-state index is 13.6. The number of alkyl halides is 1. The first-order chi connectivity index (χ1) is 17.0. The third kappa shape index (κ3) is 10.1. The highest BCUT2D eigenvalue weighted by Gasteiger charge is 2.46. The van der Waals surface area contributed by atoms with Crippen LogP contribution in [0.4, 0.5) is 0 Å². The quantitative estimate of drug-likeness (QED) is 0.223. The molecule has 3 unspecified atom stereocenters. The van der Waals surface area contributed by atoms with Crippen molar-refractivity contribution in [1.29, 1.82) is 0 Å². The fourth-order valence-electron chi connectivity index (χ4n) is 4.61. The van der Waals surface area contributed by atoms with Crippen LogP contribution < -0.4 is 0 Å². The first-order valence-corrected chi connectivity index (χ1v) is 12.9. The summed E-state index contributed by atoms with van der Waals surface area (Å²) in [6.07, 6.45) is 2.43. The van der Waals surface area contributed by atoms with Crippen LogP contribution in [0, 0.1) is 0 Å². The normalized spacial score (nSPS) is 17.6. The average molecular weight is 581 g/mol. The largest absolute Gasteiger partial charge is 0.508 e. The van der Waals surface area contributed by atoms with Gasteiger partial charge in [0.15, 0.2) is 0 Å². The van der Waals surface area contributed by atoms with E-state index in [-0.39, 0.29) is 41.9 Å². The minimum absolute atomic E-state index is 0. The molecule has 40 heavy (non-hydrogen) atoms. The number of hydrogen-bond donors (Lipinski definition) is 1. The molecular weight excluding hydrogens is 528 g/mol. The number of phenols is 1. The number of hydrogen-bond acceptors (Lipinski definition) is 6. The van der Waals surface area contributed by atoms with E-state index in [2.05, 4.69) is 0 Å². The average Bonchev–Trinajstić information content (AvgIpc) is 2.85. The number of benzene rings is 2. The standard InChI is InChI=1S/C29H37ClO6.4CH4/c1-5-29(30,20-27(2,3)21-14-16-23(31)17-15-21)26(33)36-28(4,22-11-7-6-8-12-22)19-24(32)35-25-13-9-10-18-34-25;;;;/h6-8,11-12,14-17,25,31H,5,9-10,13,18-20H2,1-4H3;4*1H4. The Labute approximate surface area is 248 Å². The molecule has 6 nitrogen and oxygen atoms in total. The molecule has 0 aromatic heterocycles. The SMILES string of the molecule is C.C.C.C.CCC(Cl)(CC(C)(C)c1ccc(O)cc1)C(=O)OC(C)(CC(=O)OC1CCCCO1)c1ccccc1. The third-order valence-electron chi connectivity index (χ3n) is 6.88. The molecule has 3 atom stereocenters. The molecule has 0 radical (unpaired) electrons. The Balaban J connectivity index is 0. The first kappa shape index (κ1) is 39.6. The van der Waals surface area contributed by atoms with Crippen LogP contribution in [0.2, 0.25) is 0 Å². The Morgan fingerprint density at radius 2 is 1.55 bits per heavy atom. The molecule has 3 rings (SSSR count). The number of aromatic hydroxyl groups is 1. The molecule has 7 heteroatoms. The monoisotopic (exact) mass is 580 g/mol. The van der Waals surface area contributed by atoms with Gasteiger partial charge in [-0.15, -0.1) is 11.6 Å². The van der Waals surface area contributed by atoms with Crippen LogP contribution in [0.15, 0.2) is 54.6 Å². The fraction of sp³-hybridized carbons (Fsp3) is 0.576. The minimum atomic E-state index is -1.33. The number of esters is 2. The topological polar surface area (TPSA) is 82.1 Å². The number of rotatable bonds is 10. The Kier molecular flexibility index (Phi) is 16.5. The van der Waals surface area contributed by atoms with Crippen molar-refractivity contribution < 1.29 is 28.9 Å². The van der Waals surface area contributed by atoms with E-state index in [1.807, 2.05) is 63.2 Å². The highest BCUT2D eigenvalue weighted by atomic mass is 35.5. The first-order valence-electron chi connectivity index (χ1n) is 12.6. The van der Waals surface area contributed by atoms with Crippen LogP contribution in [0.1, 0.15) is 107 Å². The van der Waals surface area contributed by atoms with E-state index >= 15 is 0 Å². The third-order valence-corrected chi connectivity index (χ3v) is 7.44. The zero-order valence-electron chi connectivity index (χ0n) is 21.6. The van der Waals surface area contributed by atoms with Crippen molar-refractivity contribution in [2.45, 2.75) is 118 Å². The van der Waals surface area contributed by atoms with Gasteiger partial charge in [-0.3, -0.25) is 9.59 Å². The number of ether oxygens (including phenoxy) is 3. The maximum atomic E-state index is 13.6. The van der Waals surface area contributed by atoms with Gasteiger partial charge in [0.05, 0.1) is 13.0 Å². The van der Waals surface area contributed by atoms with Gasteiger partial charge in [0.2, 0.25) is 6.29 Å². The Bertz CT molecular complexity index is 1020. The Morgan fingerprint density at radius 3 is 2.08 bits per heavy atom. The van der Waals surface area contributed by atoms with Crippen LogP contribution in [0.5, 0.6) is 5.75 Å². The number of carbonyl (C=O) groups excluding carboxylic acids is 2. The van der Waals surface area contributed by atoms with E-state index in [1.165, 1.54) is 0 Å². The van der Waals surface area contributed by atoms with Crippen molar-refractivity contribution in [1.82, 2.24) is 0 Å². The van der Waals surface area contributed by atoms with E-state index in [1.54, 1.807) is 19.1 Å². The second-order valence-corrected chi connectivity index (χ2v) is 11.1. The van der Waals surface area contributed by atoms with E-state index in [4.69, 9.17) is 25.8 Å². The van der Waals surface area contributed by atoms with Crippen molar-refractivity contribution in [2.75, 3.05) is 6.61 Å². The molecule has 1 N–H and O–H groups in total. The summed E-state index contributed by atoms with van der Waals surface area (Å²) in [6.45, 7) is 8.11. The van der Waals surface area contributed by atoms with Gasteiger partial charge >= 0.3 is 11.9 Å². The minimum Gasteiger partial charge on any atom is -0.508 e. The van der Waals surface area contributed by atoms with Gasteiger partial charge in [0.25, 0.3) is 0 Å². The predicted octanol–water partition coefficient (Wildman–Crippen LogP) is 8.91. The van der Waals surface area contributed by atoms with Gasteiger partial charge < -0.3 is 19.3 Å².